The van der Waals surface area contributed by atoms with Crippen molar-refractivity contribution < 1.29 is 4.79 Å². The molecule has 1 saturated carbocycles. The topological polar surface area (TPSA) is 67.5 Å². The summed E-state index contributed by atoms with van der Waals surface area (Å²) in [5.74, 6) is 0.225. The summed E-state index contributed by atoms with van der Waals surface area (Å²) in [6, 6.07) is 19.7. The van der Waals surface area contributed by atoms with Crippen LogP contribution in [0.25, 0.3) is 0 Å². The zero-order valence-electron chi connectivity index (χ0n) is 14.8. The van der Waals surface area contributed by atoms with Crippen LogP contribution in [0.4, 0.5) is 5.69 Å². The molecule has 0 saturated heterocycles. The first-order chi connectivity index (χ1) is 12.7. The molecule has 1 atom stereocenters. The molecule has 0 aliphatic heterocycles. The summed E-state index contributed by atoms with van der Waals surface area (Å²) in [5, 5.41) is 3.11. The highest BCUT2D eigenvalue weighted by Gasteiger charge is 2.31. The summed E-state index contributed by atoms with van der Waals surface area (Å²) in [5.41, 5.74) is 7.94. The lowest BCUT2D eigenvalue weighted by Crippen LogP contribution is -2.21. The number of hydrogen-bond acceptors (Lipinski definition) is 2. The first-order valence-corrected chi connectivity index (χ1v) is 9.15. The number of nitrogens with zero attached hydrogens (tertiary/aromatic N) is 1. The number of nitrogens with one attached hydrogen (secondary N) is 1. The molecule has 1 amide bonds. The van der Waals surface area contributed by atoms with Gasteiger partial charge in [-0.25, -0.2) is 0 Å². The van der Waals surface area contributed by atoms with Crippen LogP contribution in [-0.2, 0) is 4.79 Å². The maximum atomic E-state index is 12.9. The van der Waals surface area contributed by atoms with Crippen molar-refractivity contribution >= 4 is 17.4 Å². The number of carbonyl (C=O) groups is 1. The molecule has 0 spiro atoms. The Hall–Kier alpha value is -2.88. The van der Waals surface area contributed by atoms with Crippen LogP contribution in [0.2, 0.25) is 0 Å². The Kier molecular flexibility index (Phi) is 6.20. The van der Waals surface area contributed by atoms with Crippen molar-refractivity contribution in [3.05, 3.63) is 78.5 Å². The molecular formula is C22H25N3O. The van der Waals surface area contributed by atoms with E-state index in [4.69, 9.17) is 5.73 Å². The van der Waals surface area contributed by atoms with E-state index in [-0.39, 0.29) is 17.7 Å². The second kappa shape index (κ2) is 8.99. The van der Waals surface area contributed by atoms with Gasteiger partial charge in [-0.15, -0.1) is 0 Å². The molecule has 1 unspecified atom stereocenters. The van der Waals surface area contributed by atoms with E-state index in [0.29, 0.717) is 5.92 Å². The normalized spacial score (nSPS) is 16.7. The molecular weight excluding hydrogens is 322 g/mol. The smallest absolute Gasteiger partial charge is 0.255 e. The van der Waals surface area contributed by atoms with Gasteiger partial charge in [0.15, 0.2) is 0 Å². The third kappa shape index (κ3) is 4.82. The fourth-order valence-electron chi connectivity index (χ4n) is 3.56. The quantitative estimate of drug-likeness (QED) is 0.598. The summed E-state index contributed by atoms with van der Waals surface area (Å²) >= 11 is 0. The SMILES string of the molecule is NC(/C=C\Nc1ccccc1)=NC(=O)C(c1ccccc1)C1CCCC1. The lowest BCUT2D eigenvalue weighted by Gasteiger charge is -2.20. The third-order valence-corrected chi connectivity index (χ3v) is 4.81. The molecule has 1 aliphatic carbocycles. The van der Waals surface area contributed by atoms with Crippen molar-refractivity contribution in [1.29, 1.82) is 0 Å². The number of hydrogen-bond donors (Lipinski definition) is 2. The van der Waals surface area contributed by atoms with E-state index in [0.717, 1.165) is 24.1 Å². The number of nitrogens with two attached hydrogens (primary N) is 1. The average Bonchev–Trinajstić information content (AvgIpc) is 3.18. The Labute approximate surface area is 154 Å². The van der Waals surface area contributed by atoms with Crippen molar-refractivity contribution in [3.8, 4) is 0 Å². The van der Waals surface area contributed by atoms with E-state index in [2.05, 4.69) is 10.3 Å². The maximum Gasteiger partial charge on any atom is 0.255 e. The Balaban J connectivity index is 1.70. The van der Waals surface area contributed by atoms with Gasteiger partial charge in [0.05, 0.1) is 5.92 Å². The van der Waals surface area contributed by atoms with E-state index < -0.39 is 0 Å². The standard InChI is InChI=1S/C22H25N3O/c23-20(15-16-24-19-13-5-2-6-14-19)25-22(26)21(18-11-7-8-12-18)17-9-3-1-4-10-17/h1-6,9-10,13-16,18,21,24H,7-8,11-12H2,(H2,23,25,26)/b16-15-. The van der Waals surface area contributed by atoms with Gasteiger partial charge >= 0.3 is 0 Å². The van der Waals surface area contributed by atoms with E-state index in [1.807, 2.05) is 60.7 Å². The fraction of sp³-hybridized carbons (Fsp3) is 0.273. The van der Waals surface area contributed by atoms with Gasteiger partial charge in [-0.2, -0.15) is 4.99 Å². The van der Waals surface area contributed by atoms with Gasteiger partial charge in [0.2, 0.25) is 0 Å². The summed E-state index contributed by atoms with van der Waals surface area (Å²) in [7, 11) is 0. The zero-order chi connectivity index (χ0) is 18.2. The number of amides is 1. The Bertz CT molecular complexity index is 762. The summed E-state index contributed by atoms with van der Waals surface area (Å²) in [6.07, 6.45) is 7.84. The second-order valence-electron chi connectivity index (χ2n) is 6.65. The van der Waals surface area contributed by atoms with Gasteiger partial charge in [0.25, 0.3) is 5.91 Å². The number of aliphatic imine (C=N–C) groups is 1. The predicted octanol–water partition coefficient (Wildman–Crippen LogP) is 4.47. The molecule has 0 bridgehead atoms. The lowest BCUT2D eigenvalue weighted by atomic mass is 9.84. The molecule has 4 heteroatoms. The first kappa shape index (κ1) is 17.9. The van der Waals surface area contributed by atoms with E-state index in [1.165, 1.54) is 12.8 Å². The summed E-state index contributed by atoms with van der Waals surface area (Å²) < 4.78 is 0. The molecule has 2 aromatic carbocycles. The highest BCUT2D eigenvalue weighted by Crippen LogP contribution is 2.38. The second-order valence-corrected chi connectivity index (χ2v) is 6.65. The van der Waals surface area contributed by atoms with Crippen molar-refractivity contribution in [2.45, 2.75) is 31.6 Å². The molecule has 4 nitrogen and oxygen atoms in total. The molecule has 0 heterocycles. The lowest BCUT2D eigenvalue weighted by molar-refractivity contribution is -0.120. The molecule has 1 fully saturated rings. The first-order valence-electron chi connectivity index (χ1n) is 9.15. The van der Waals surface area contributed by atoms with Crippen molar-refractivity contribution in [2.24, 2.45) is 16.6 Å². The van der Waals surface area contributed by atoms with E-state index in [1.54, 1.807) is 12.3 Å². The highest BCUT2D eigenvalue weighted by atomic mass is 16.1. The van der Waals surface area contributed by atoms with Crippen LogP contribution >= 0.6 is 0 Å². The van der Waals surface area contributed by atoms with Crippen LogP contribution in [-0.4, -0.2) is 11.7 Å². The minimum absolute atomic E-state index is 0.148. The van der Waals surface area contributed by atoms with Crippen LogP contribution in [0, 0.1) is 5.92 Å². The number of carbonyl (C=O) groups excluding carboxylic acids is 1. The van der Waals surface area contributed by atoms with Crippen molar-refractivity contribution in [2.75, 3.05) is 5.32 Å². The average molecular weight is 347 g/mol. The van der Waals surface area contributed by atoms with Crippen molar-refractivity contribution in [1.82, 2.24) is 0 Å². The molecule has 0 radical (unpaired) electrons. The summed E-state index contributed by atoms with van der Waals surface area (Å²) in [4.78, 5) is 17.0. The fourth-order valence-corrected chi connectivity index (χ4v) is 3.56. The number of rotatable bonds is 6. The predicted molar refractivity (Wildman–Crippen MR) is 107 cm³/mol. The van der Waals surface area contributed by atoms with Crippen LogP contribution < -0.4 is 11.1 Å². The van der Waals surface area contributed by atoms with Crippen molar-refractivity contribution in [3.63, 3.8) is 0 Å². The Morgan fingerprint density at radius 3 is 2.31 bits per heavy atom. The number of benzene rings is 2. The van der Waals surface area contributed by atoms with Crippen LogP contribution in [0.5, 0.6) is 0 Å². The number of para-hydroxylation sites is 1. The van der Waals surface area contributed by atoms with Gasteiger partial charge in [-0.3, -0.25) is 4.79 Å². The largest absolute Gasteiger partial charge is 0.384 e. The van der Waals surface area contributed by atoms with Gasteiger partial charge < -0.3 is 11.1 Å². The Morgan fingerprint density at radius 1 is 1.04 bits per heavy atom. The Morgan fingerprint density at radius 2 is 1.65 bits per heavy atom. The molecule has 1 aliphatic rings. The zero-order valence-corrected chi connectivity index (χ0v) is 14.8. The minimum Gasteiger partial charge on any atom is -0.384 e. The van der Waals surface area contributed by atoms with Gasteiger partial charge in [0.1, 0.15) is 5.84 Å². The van der Waals surface area contributed by atoms with E-state index in [9.17, 15) is 4.79 Å². The molecule has 3 N–H and O–H groups in total. The van der Waals surface area contributed by atoms with Crippen LogP contribution in [0.1, 0.15) is 37.2 Å². The van der Waals surface area contributed by atoms with E-state index >= 15 is 0 Å². The molecule has 2 aromatic rings. The van der Waals surface area contributed by atoms with Gasteiger partial charge in [-0.05, 0) is 42.5 Å². The van der Waals surface area contributed by atoms with Crippen LogP contribution in [0.15, 0.2) is 77.9 Å². The minimum atomic E-state index is -0.201. The van der Waals surface area contributed by atoms with Gasteiger partial charge in [0, 0.05) is 11.9 Å². The van der Waals surface area contributed by atoms with Crippen LogP contribution in [0.3, 0.4) is 0 Å². The monoisotopic (exact) mass is 347 g/mol. The molecule has 26 heavy (non-hydrogen) atoms. The maximum absolute atomic E-state index is 12.9. The third-order valence-electron chi connectivity index (χ3n) is 4.81. The molecule has 134 valence electrons. The number of amidine groups is 1. The molecule has 0 aromatic heterocycles. The highest BCUT2D eigenvalue weighted by molar-refractivity contribution is 6.02. The van der Waals surface area contributed by atoms with Gasteiger partial charge in [-0.1, -0.05) is 61.4 Å². The molecule has 3 rings (SSSR count). The number of anilines is 1. The summed E-state index contributed by atoms with van der Waals surface area (Å²) in [6.45, 7) is 0.